The normalized spacial score (nSPS) is 14.4. The van der Waals surface area contributed by atoms with E-state index in [1.807, 2.05) is 24.8 Å². The summed E-state index contributed by atoms with van der Waals surface area (Å²) in [7, 11) is 0. The van der Waals surface area contributed by atoms with Crippen LogP contribution >= 0.6 is 24.0 Å². The van der Waals surface area contributed by atoms with Crippen LogP contribution in [-0.4, -0.2) is 71.8 Å². The molecule has 9 heteroatoms. The van der Waals surface area contributed by atoms with Gasteiger partial charge in [0.1, 0.15) is 5.82 Å². The molecule has 1 aliphatic rings. The van der Waals surface area contributed by atoms with Crippen LogP contribution in [0.3, 0.4) is 0 Å². The maximum absolute atomic E-state index is 12.0. The number of nitrogens with one attached hydrogen (secondary N) is 2. The number of amides is 2. The Bertz CT molecular complexity index is 642. The second-order valence-electron chi connectivity index (χ2n) is 6.25. The average Bonchev–Trinajstić information content (AvgIpc) is 2.63. The highest BCUT2D eigenvalue weighted by Crippen LogP contribution is 2.05. The number of hydrogen-bond donors (Lipinski definition) is 2. The van der Waals surface area contributed by atoms with Crippen LogP contribution in [0.5, 0.6) is 0 Å². The molecule has 0 bridgehead atoms. The van der Waals surface area contributed by atoms with E-state index in [9.17, 15) is 9.59 Å². The summed E-state index contributed by atoms with van der Waals surface area (Å²) in [6.45, 7) is 9.58. The molecular formula is C18H29IN6O2. The van der Waals surface area contributed by atoms with Crippen molar-refractivity contribution >= 4 is 47.6 Å². The molecule has 0 radical (unpaired) electrons. The van der Waals surface area contributed by atoms with Crippen molar-refractivity contribution in [2.45, 2.75) is 27.2 Å². The fourth-order valence-corrected chi connectivity index (χ4v) is 2.67. The molecular weight excluding hydrogens is 459 g/mol. The molecule has 2 amide bonds. The number of aliphatic imine (C=N–C) groups is 1. The second kappa shape index (κ2) is 11.7. The van der Waals surface area contributed by atoms with Crippen LogP contribution in [0.25, 0.3) is 0 Å². The van der Waals surface area contributed by atoms with E-state index in [-0.39, 0.29) is 42.2 Å². The van der Waals surface area contributed by atoms with Gasteiger partial charge in [0, 0.05) is 52.3 Å². The number of pyridine rings is 1. The summed E-state index contributed by atoms with van der Waals surface area (Å²) in [6, 6.07) is 3.69. The molecule has 2 N–H and O–H groups in total. The Morgan fingerprint density at radius 3 is 2.41 bits per heavy atom. The predicted octanol–water partition coefficient (Wildman–Crippen LogP) is 1.47. The smallest absolute Gasteiger partial charge is 0.227 e. The van der Waals surface area contributed by atoms with Gasteiger partial charge < -0.3 is 20.4 Å². The second-order valence-corrected chi connectivity index (χ2v) is 6.25. The summed E-state index contributed by atoms with van der Waals surface area (Å²) in [4.78, 5) is 36.1. The molecule has 1 saturated heterocycles. The van der Waals surface area contributed by atoms with Crippen LogP contribution < -0.4 is 10.6 Å². The third-order valence-electron chi connectivity index (χ3n) is 4.14. The van der Waals surface area contributed by atoms with Gasteiger partial charge in [0.15, 0.2) is 5.96 Å². The topological polar surface area (TPSA) is 89.9 Å². The summed E-state index contributed by atoms with van der Waals surface area (Å²) >= 11 is 0. The van der Waals surface area contributed by atoms with Crippen LogP contribution in [0.2, 0.25) is 0 Å². The third-order valence-corrected chi connectivity index (χ3v) is 4.14. The van der Waals surface area contributed by atoms with Gasteiger partial charge >= 0.3 is 0 Å². The molecule has 2 heterocycles. The fourth-order valence-electron chi connectivity index (χ4n) is 2.67. The molecule has 1 aromatic rings. The van der Waals surface area contributed by atoms with Gasteiger partial charge in [-0.3, -0.25) is 14.6 Å². The van der Waals surface area contributed by atoms with E-state index >= 15 is 0 Å². The molecule has 0 aromatic carbocycles. The number of aryl methyl sites for hydroxylation is 1. The van der Waals surface area contributed by atoms with Crippen molar-refractivity contribution in [3.05, 3.63) is 23.9 Å². The molecule has 2 rings (SSSR count). The summed E-state index contributed by atoms with van der Waals surface area (Å²) in [5, 5.41) is 6.03. The number of guanidine groups is 1. The SMILES string of the molecule is CCNC(=NCCC(=O)Nc1ccc(C)cn1)N1CCN(C(C)=O)CC1.I. The standard InChI is InChI=1S/C18H28N6O2.HI/c1-4-19-18(24-11-9-23(10-12-24)15(3)25)20-8-7-17(26)22-16-6-5-14(2)13-21-16;/h5-6,13H,4,7-12H2,1-3H3,(H,19,20)(H,21,22,26);1H. The van der Waals surface area contributed by atoms with Gasteiger partial charge in [-0.2, -0.15) is 0 Å². The molecule has 150 valence electrons. The minimum absolute atomic E-state index is 0. The number of halogens is 1. The van der Waals surface area contributed by atoms with E-state index in [0.717, 1.165) is 31.2 Å². The quantitative estimate of drug-likeness (QED) is 0.372. The van der Waals surface area contributed by atoms with Crippen molar-refractivity contribution in [1.29, 1.82) is 0 Å². The monoisotopic (exact) mass is 488 g/mol. The molecule has 0 atom stereocenters. The number of aromatic nitrogens is 1. The van der Waals surface area contributed by atoms with E-state index in [2.05, 4.69) is 25.5 Å². The highest BCUT2D eigenvalue weighted by molar-refractivity contribution is 14.0. The highest BCUT2D eigenvalue weighted by Gasteiger charge is 2.20. The Hall–Kier alpha value is -1.91. The van der Waals surface area contributed by atoms with Crippen LogP contribution in [0, 0.1) is 6.92 Å². The Morgan fingerprint density at radius 2 is 1.85 bits per heavy atom. The number of anilines is 1. The van der Waals surface area contributed by atoms with Crippen molar-refractivity contribution < 1.29 is 9.59 Å². The number of piperazine rings is 1. The zero-order valence-electron chi connectivity index (χ0n) is 16.2. The zero-order valence-corrected chi connectivity index (χ0v) is 18.5. The molecule has 0 aliphatic carbocycles. The van der Waals surface area contributed by atoms with Gasteiger partial charge in [-0.1, -0.05) is 6.07 Å². The first-order valence-electron chi connectivity index (χ1n) is 9.01. The van der Waals surface area contributed by atoms with Crippen molar-refractivity contribution in [1.82, 2.24) is 20.1 Å². The van der Waals surface area contributed by atoms with E-state index in [0.29, 0.717) is 25.5 Å². The number of carbonyl (C=O) groups is 2. The van der Waals surface area contributed by atoms with E-state index in [4.69, 9.17) is 0 Å². The molecule has 27 heavy (non-hydrogen) atoms. The summed E-state index contributed by atoms with van der Waals surface area (Å²) in [6.07, 6.45) is 2.01. The zero-order chi connectivity index (χ0) is 18.9. The summed E-state index contributed by atoms with van der Waals surface area (Å²) < 4.78 is 0. The van der Waals surface area contributed by atoms with Crippen molar-refractivity contribution in [3.63, 3.8) is 0 Å². The van der Waals surface area contributed by atoms with Gasteiger partial charge in [0.2, 0.25) is 11.8 Å². The Balaban J connectivity index is 0.00000364. The van der Waals surface area contributed by atoms with Gasteiger partial charge in [0.05, 0.1) is 6.54 Å². The Labute approximate surface area is 177 Å². The first kappa shape index (κ1) is 23.1. The summed E-state index contributed by atoms with van der Waals surface area (Å²) in [5.41, 5.74) is 1.05. The lowest BCUT2D eigenvalue weighted by Gasteiger charge is -2.36. The lowest BCUT2D eigenvalue weighted by molar-refractivity contribution is -0.130. The van der Waals surface area contributed by atoms with Crippen molar-refractivity contribution in [2.75, 3.05) is 44.6 Å². The maximum Gasteiger partial charge on any atom is 0.227 e. The van der Waals surface area contributed by atoms with Crippen LogP contribution in [0.15, 0.2) is 23.3 Å². The summed E-state index contributed by atoms with van der Waals surface area (Å²) in [5.74, 6) is 1.34. The van der Waals surface area contributed by atoms with Crippen LogP contribution in [-0.2, 0) is 9.59 Å². The predicted molar refractivity (Wildman–Crippen MR) is 117 cm³/mol. The minimum Gasteiger partial charge on any atom is -0.357 e. The highest BCUT2D eigenvalue weighted by atomic mass is 127. The van der Waals surface area contributed by atoms with Crippen LogP contribution in [0.1, 0.15) is 25.8 Å². The number of carbonyl (C=O) groups excluding carboxylic acids is 2. The van der Waals surface area contributed by atoms with Gasteiger partial charge in [-0.15, -0.1) is 24.0 Å². The number of hydrogen-bond acceptors (Lipinski definition) is 4. The van der Waals surface area contributed by atoms with E-state index in [1.165, 1.54) is 0 Å². The van der Waals surface area contributed by atoms with Crippen molar-refractivity contribution in [2.24, 2.45) is 4.99 Å². The van der Waals surface area contributed by atoms with Crippen LogP contribution in [0.4, 0.5) is 5.82 Å². The first-order valence-corrected chi connectivity index (χ1v) is 9.01. The molecule has 1 fully saturated rings. The minimum atomic E-state index is -0.109. The fraction of sp³-hybridized carbons (Fsp3) is 0.556. The number of nitrogens with zero attached hydrogens (tertiary/aromatic N) is 4. The first-order chi connectivity index (χ1) is 12.5. The Morgan fingerprint density at radius 1 is 1.19 bits per heavy atom. The molecule has 0 spiro atoms. The average molecular weight is 488 g/mol. The number of rotatable bonds is 5. The molecule has 0 saturated carbocycles. The van der Waals surface area contributed by atoms with E-state index < -0.39 is 0 Å². The third kappa shape index (κ3) is 7.69. The Kier molecular flexibility index (Phi) is 10.0. The van der Waals surface area contributed by atoms with E-state index in [1.54, 1.807) is 19.2 Å². The lowest BCUT2D eigenvalue weighted by Crippen LogP contribution is -2.53. The molecule has 1 aliphatic heterocycles. The van der Waals surface area contributed by atoms with Gasteiger partial charge in [0.25, 0.3) is 0 Å². The van der Waals surface area contributed by atoms with Crippen molar-refractivity contribution in [3.8, 4) is 0 Å². The molecule has 0 unspecified atom stereocenters. The lowest BCUT2D eigenvalue weighted by atomic mass is 10.3. The molecule has 8 nitrogen and oxygen atoms in total. The molecule has 1 aromatic heterocycles. The van der Waals surface area contributed by atoms with Gasteiger partial charge in [-0.05, 0) is 25.5 Å². The maximum atomic E-state index is 12.0. The largest absolute Gasteiger partial charge is 0.357 e. The van der Waals surface area contributed by atoms with Gasteiger partial charge in [-0.25, -0.2) is 4.98 Å².